The third-order valence-electron chi connectivity index (χ3n) is 4.50. The van der Waals surface area contributed by atoms with E-state index in [1.165, 1.54) is 6.92 Å². The van der Waals surface area contributed by atoms with Crippen LogP contribution in [0.2, 0.25) is 0 Å². The van der Waals surface area contributed by atoms with Gasteiger partial charge in [-0.05, 0) is 76.2 Å². The number of amides is 2. The largest absolute Gasteiger partial charge is 0.481 e. The lowest BCUT2D eigenvalue weighted by atomic mass is 10.1. The first-order valence-corrected chi connectivity index (χ1v) is 9.58. The fraction of sp³-hybridized carbons (Fsp3) is 0.318. The highest BCUT2D eigenvalue weighted by Crippen LogP contribution is 2.15. The molecule has 0 spiro atoms. The molecule has 0 aliphatic carbocycles. The van der Waals surface area contributed by atoms with Gasteiger partial charge in [-0.2, -0.15) is 0 Å². The molecule has 0 fully saturated rings. The van der Waals surface area contributed by atoms with Gasteiger partial charge in [0, 0.05) is 29.9 Å². The molecule has 1 atom stereocenters. The maximum Gasteiger partial charge on any atom is 0.279 e. The van der Waals surface area contributed by atoms with Crippen LogP contribution in [0.1, 0.15) is 48.4 Å². The highest BCUT2D eigenvalue weighted by molar-refractivity contribution is 5.96. The molecule has 0 aliphatic rings. The zero-order chi connectivity index (χ0) is 21.4. The predicted molar refractivity (Wildman–Crippen MR) is 112 cm³/mol. The van der Waals surface area contributed by atoms with Crippen molar-refractivity contribution in [1.29, 1.82) is 0 Å². The van der Waals surface area contributed by atoms with E-state index in [2.05, 4.69) is 29.6 Å². The molecule has 2 rings (SSSR count). The lowest BCUT2D eigenvalue weighted by Crippen LogP contribution is -2.47. The zero-order valence-electron chi connectivity index (χ0n) is 17.2. The van der Waals surface area contributed by atoms with Crippen molar-refractivity contribution < 1.29 is 19.1 Å². The second-order valence-corrected chi connectivity index (χ2v) is 6.50. The lowest BCUT2D eigenvalue weighted by molar-refractivity contribution is -0.128. The summed E-state index contributed by atoms with van der Waals surface area (Å²) in [5.74, 6) is -0.498. The second kappa shape index (κ2) is 10.3. The van der Waals surface area contributed by atoms with Crippen molar-refractivity contribution in [2.45, 2.75) is 33.8 Å². The van der Waals surface area contributed by atoms with E-state index in [4.69, 9.17) is 4.74 Å². The minimum absolute atomic E-state index is 0.0461. The average Bonchev–Trinajstić information content (AvgIpc) is 2.73. The maximum absolute atomic E-state index is 12.2. The molecule has 7 heteroatoms. The Morgan fingerprint density at radius 2 is 1.45 bits per heavy atom. The lowest BCUT2D eigenvalue weighted by Gasteiger charge is -2.21. The number of carbonyl (C=O) groups is 3. The normalized spacial score (nSPS) is 11.3. The van der Waals surface area contributed by atoms with E-state index in [9.17, 15) is 14.4 Å². The smallest absolute Gasteiger partial charge is 0.279 e. The van der Waals surface area contributed by atoms with Gasteiger partial charge in [0.05, 0.1) is 0 Å². The summed E-state index contributed by atoms with van der Waals surface area (Å²) < 4.78 is 5.54. The van der Waals surface area contributed by atoms with Crippen LogP contribution < -0.4 is 20.5 Å². The molecule has 0 radical (unpaired) electrons. The van der Waals surface area contributed by atoms with Crippen molar-refractivity contribution in [3.63, 3.8) is 0 Å². The van der Waals surface area contributed by atoms with Crippen molar-refractivity contribution in [2.75, 3.05) is 18.0 Å². The van der Waals surface area contributed by atoms with Crippen LogP contribution in [-0.2, 0) is 4.79 Å². The number of benzene rings is 2. The Kier molecular flexibility index (Phi) is 7.77. The van der Waals surface area contributed by atoms with Crippen LogP contribution >= 0.6 is 0 Å². The molecule has 0 bridgehead atoms. The van der Waals surface area contributed by atoms with Gasteiger partial charge < -0.3 is 9.64 Å². The fourth-order valence-electron chi connectivity index (χ4n) is 2.73. The Labute approximate surface area is 171 Å². The first-order valence-electron chi connectivity index (χ1n) is 9.58. The van der Waals surface area contributed by atoms with Crippen molar-refractivity contribution in [2.24, 2.45) is 0 Å². The summed E-state index contributed by atoms with van der Waals surface area (Å²) in [6.07, 6.45) is -0.830. The first kappa shape index (κ1) is 21.9. The molecule has 7 nitrogen and oxygen atoms in total. The quantitative estimate of drug-likeness (QED) is 0.528. The van der Waals surface area contributed by atoms with Gasteiger partial charge in [0.15, 0.2) is 11.9 Å². The van der Waals surface area contributed by atoms with Crippen LogP contribution in [0.25, 0.3) is 0 Å². The molecule has 0 saturated heterocycles. The van der Waals surface area contributed by atoms with E-state index in [1.54, 1.807) is 43.3 Å². The number of nitrogens with zero attached hydrogens (tertiary/aromatic N) is 1. The second-order valence-electron chi connectivity index (χ2n) is 6.50. The number of carbonyl (C=O) groups excluding carboxylic acids is 3. The van der Waals surface area contributed by atoms with Gasteiger partial charge in [0.1, 0.15) is 5.75 Å². The SMILES string of the molecule is CCN(CC)c1ccc(C(=O)NNC(=O)C(C)Oc2ccc(C(C)=O)cc2)cc1. The molecule has 2 aromatic rings. The fourth-order valence-corrected chi connectivity index (χ4v) is 2.73. The number of hydrazine groups is 1. The summed E-state index contributed by atoms with van der Waals surface area (Å²) in [4.78, 5) is 37.9. The average molecular weight is 397 g/mol. The topological polar surface area (TPSA) is 87.7 Å². The highest BCUT2D eigenvalue weighted by atomic mass is 16.5. The number of nitrogens with one attached hydrogen (secondary N) is 2. The molecule has 29 heavy (non-hydrogen) atoms. The predicted octanol–water partition coefficient (Wildman–Crippen LogP) is 2.96. The van der Waals surface area contributed by atoms with Crippen LogP contribution in [-0.4, -0.2) is 36.8 Å². The number of ether oxygens (including phenoxy) is 1. The van der Waals surface area contributed by atoms with E-state index in [0.717, 1.165) is 18.8 Å². The summed E-state index contributed by atoms with van der Waals surface area (Å²) >= 11 is 0. The number of ketones is 1. The highest BCUT2D eigenvalue weighted by Gasteiger charge is 2.16. The van der Waals surface area contributed by atoms with Crippen LogP contribution in [0.3, 0.4) is 0 Å². The Balaban J connectivity index is 1.87. The Hall–Kier alpha value is -3.35. The Morgan fingerprint density at radius 1 is 0.897 bits per heavy atom. The third-order valence-corrected chi connectivity index (χ3v) is 4.50. The van der Waals surface area contributed by atoms with E-state index in [1.807, 2.05) is 12.1 Å². The van der Waals surface area contributed by atoms with Gasteiger partial charge >= 0.3 is 0 Å². The van der Waals surface area contributed by atoms with Gasteiger partial charge in [-0.3, -0.25) is 25.2 Å². The van der Waals surface area contributed by atoms with Crippen molar-refractivity contribution in [1.82, 2.24) is 10.9 Å². The van der Waals surface area contributed by atoms with Crippen LogP contribution in [0.4, 0.5) is 5.69 Å². The minimum Gasteiger partial charge on any atom is -0.481 e. The number of rotatable bonds is 8. The minimum atomic E-state index is -0.830. The summed E-state index contributed by atoms with van der Waals surface area (Å²) in [6.45, 7) is 8.95. The molecule has 0 saturated carbocycles. The van der Waals surface area contributed by atoms with E-state index in [-0.39, 0.29) is 5.78 Å². The van der Waals surface area contributed by atoms with E-state index < -0.39 is 17.9 Å². The summed E-state index contributed by atoms with van der Waals surface area (Å²) in [6, 6.07) is 13.7. The first-order chi connectivity index (χ1) is 13.8. The molecular formula is C22H27N3O4. The monoisotopic (exact) mass is 397 g/mol. The van der Waals surface area contributed by atoms with Gasteiger partial charge in [0.25, 0.3) is 11.8 Å². The summed E-state index contributed by atoms with van der Waals surface area (Å²) in [5.41, 5.74) is 6.79. The van der Waals surface area contributed by atoms with E-state index in [0.29, 0.717) is 16.9 Å². The van der Waals surface area contributed by atoms with Crippen molar-refractivity contribution >= 4 is 23.3 Å². The van der Waals surface area contributed by atoms with Crippen molar-refractivity contribution in [3.8, 4) is 5.75 Å². The summed E-state index contributed by atoms with van der Waals surface area (Å²) in [5, 5.41) is 0. The zero-order valence-corrected chi connectivity index (χ0v) is 17.2. The number of hydrogen-bond donors (Lipinski definition) is 2. The Bertz CT molecular complexity index is 843. The van der Waals surface area contributed by atoms with Gasteiger partial charge in [-0.1, -0.05) is 0 Å². The van der Waals surface area contributed by atoms with Crippen molar-refractivity contribution in [3.05, 3.63) is 59.7 Å². The third kappa shape index (κ3) is 6.07. The molecule has 0 aromatic heterocycles. The molecule has 0 aliphatic heterocycles. The van der Waals surface area contributed by atoms with Crippen LogP contribution in [0, 0.1) is 0 Å². The standard InChI is InChI=1S/C22H27N3O4/c1-5-25(6-2)19-11-7-18(8-12-19)22(28)24-23-21(27)16(4)29-20-13-9-17(10-14-20)15(3)26/h7-14,16H,5-6H2,1-4H3,(H,23,27)(H,24,28). The van der Waals surface area contributed by atoms with Gasteiger partial charge in [-0.25, -0.2) is 0 Å². The van der Waals surface area contributed by atoms with Crippen LogP contribution in [0.15, 0.2) is 48.5 Å². The van der Waals surface area contributed by atoms with Crippen LogP contribution in [0.5, 0.6) is 5.75 Å². The Morgan fingerprint density at radius 3 is 1.97 bits per heavy atom. The number of anilines is 1. The molecular weight excluding hydrogens is 370 g/mol. The molecule has 1 unspecified atom stereocenters. The number of hydrogen-bond acceptors (Lipinski definition) is 5. The molecule has 2 aromatic carbocycles. The van der Waals surface area contributed by atoms with Gasteiger partial charge in [0.2, 0.25) is 0 Å². The molecule has 154 valence electrons. The summed E-state index contributed by atoms with van der Waals surface area (Å²) in [7, 11) is 0. The number of Topliss-reactive ketones (excluding diaryl/α,β-unsaturated/α-hetero) is 1. The maximum atomic E-state index is 12.2. The molecule has 2 N–H and O–H groups in total. The molecule has 2 amide bonds. The van der Waals surface area contributed by atoms with Gasteiger partial charge in [-0.15, -0.1) is 0 Å². The molecule has 0 heterocycles. The van der Waals surface area contributed by atoms with E-state index >= 15 is 0 Å².